The van der Waals surface area contributed by atoms with Gasteiger partial charge < -0.3 is 4.74 Å². The second-order valence-corrected chi connectivity index (χ2v) is 8.12. The van der Waals surface area contributed by atoms with Crippen LogP contribution >= 0.6 is 15.9 Å². The van der Waals surface area contributed by atoms with Crippen molar-refractivity contribution in [3.63, 3.8) is 0 Å². The Morgan fingerprint density at radius 3 is 2.87 bits per heavy atom. The number of benzene rings is 1. The Balaban J connectivity index is 2.22. The molecule has 0 amide bonds. The van der Waals surface area contributed by atoms with Gasteiger partial charge in [-0.25, -0.2) is 13.4 Å². The minimum absolute atomic E-state index is 0.313. The summed E-state index contributed by atoms with van der Waals surface area (Å²) >= 11 is 3.43. The van der Waals surface area contributed by atoms with Crippen LogP contribution < -0.4 is 4.74 Å². The van der Waals surface area contributed by atoms with Gasteiger partial charge in [0, 0.05) is 35.3 Å². The van der Waals surface area contributed by atoms with E-state index in [0.29, 0.717) is 28.5 Å². The fourth-order valence-corrected chi connectivity index (χ4v) is 3.86. The van der Waals surface area contributed by atoms with E-state index in [4.69, 9.17) is 4.74 Å². The molecular formula is C17H16BrNO3S. The molecule has 120 valence electrons. The van der Waals surface area contributed by atoms with Crippen molar-refractivity contribution in [2.24, 2.45) is 0 Å². The predicted octanol–water partition coefficient (Wildman–Crippen LogP) is 4.00. The number of hydrogen-bond acceptors (Lipinski definition) is 4. The second-order valence-electron chi connectivity index (χ2n) is 5.35. The molecule has 6 heteroatoms. The van der Waals surface area contributed by atoms with Gasteiger partial charge in [-0.05, 0) is 36.3 Å². The maximum atomic E-state index is 12.1. The van der Waals surface area contributed by atoms with Gasteiger partial charge in [0.15, 0.2) is 9.84 Å². The molecule has 0 unspecified atom stereocenters. The van der Waals surface area contributed by atoms with E-state index in [1.54, 1.807) is 24.4 Å². The highest BCUT2D eigenvalue weighted by Gasteiger charge is 2.24. The summed E-state index contributed by atoms with van der Waals surface area (Å²) in [6.07, 6.45) is 6.35. The van der Waals surface area contributed by atoms with Crippen molar-refractivity contribution < 1.29 is 13.2 Å². The van der Waals surface area contributed by atoms with E-state index in [-0.39, 0.29) is 0 Å². The molecule has 1 aromatic carbocycles. The van der Waals surface area contributed by atoms with Crippen LogP contribution in [0.2, 0.25) is 0 Å². The second kappa shape index (κ2) is 6.45. The van der Waals surface area contributed by atoms with E-state index < -0.39 is 9.84 Å². The molecule has 0 spiro atoms. The number of alkyl halides is 1. The highest BCUT2D eigenvalue weighted by atomic mass is 79.9. The minimum Gasteiger partial charge on any atom is -0.438 e. The molecule has 0 aliphatic carbocycles. The predicted molar refractivity (Wildman–Crippen MR) is 94.0 cm³/mol. The molecule has 0 radical (unpaired) electrons. The number of ether oxygens (including phenoxy) is 1. The summed E-state index contributed by atoms with van der Waals surface area (Å²) in [6, 6.07) is 8.93. The van der Waals surface area contributed by atoms with Gasteiger partial charge in [0.1, 0.15) is 5.75 Å². The Morgan fingerprint density at radius 2 is 2.13 bits per heavy atom. The summed E-state index contributed by atoms with van der Waals surface area (Å²) in [6.45, 7) is 0. The minimum atomic E-state index is -3.33. The highest BCUT2D eigenvalue weighted by Crippen LogP contribution is 2.40. The first kappa shape index (κ1) is 16.2. The first-order valence-electron chi connectivity index (χ1n) is 7.21. The number of allylic oxidation sites excluding steroid dienone is 2. The van der Waals surface area contributed by atoms with E-state index in [0.717, 1.165) is 22.9 Å². The third-order valence-electron chi connectivity index (χ3n) is 3.68. The first-order valence-corrected chi connectivity index (χ1v) is 10.2. The number of pyridine rings is 1. The van der Waals surface area contributed by atoms with Gasteiger partial charge >= 0.3 is 0 Å². The number of aromatic nitrogens is 1. The topological polar surface area (TPSA) is 56.3 Å². The van der Waals surface area contributed by atoms with Crippen LogP contribution in [0.1, 0.15) is 17.5 Å². The van der Waals surface area contributed by atoms with Crippen molar-refractivity contribution in [1.82, 2.24) is 4.98 Å². The summed E-state index contributed by atoms with van der Waals surface area (Å²) in [5, 5.41) is 0.841. The molecule has 1 aliphatic heterocycles. The number of halogens is 1. The van der Waals surface area contributed by atoms with Gasteiger partial charge in [-0.2, -0.15) is 0 Å². The molecule has 2 aromatic rings. The van der Waals surface area contributed by atoms with Gasteiger partial charge in [0.2, 0.25) is 5.88 Å². The monoisotopic (exact) mass is 393 g/mol. The molecule has 0 N–H and O–H groups in total. The van der Waals surface area contributed by atoms with E-state index in [1.165, 1.54) is 6.26 Å². The number of sulfone groups is 1. The number of fused-ring (bicyclic) bond motifs is 2. The number of rotatable bonds is 3. The van der Waals surface area contributed by atoms with E-state index in [2.05, 4.69) is 27.0 Å². The van der Waals surface area contributed by atoms with E-state index >= 15 is 0 Å². The number of nitrogens with zero attached hydrogens (tertiary/aromatic N) is 1. The van der Waals surface area contributed by atoms with Gasteiger partial charge in [0.25, 0.3) is 0 Å². The van der Waals surface area contributed by atoms with Crippen molar-refractivity contribution in [1.29, 1.82) is 0 Å². The Morgan fingerprint density at radius 1 is 1.30 bits per heavy atom. The summed E-state index contributed by atoms with van der Waals surface area (Å²) in [7, 11) is -3.33. The van der Waals surface area contributed by atoms with Crippen LogP contribution in [0.3, 0.4) is 0 Å². The zero-order valence-corrected chi connectivity index (χ0v) is 15.0. The zero-order chi connectivity index (χ0) is 16.4. The van der Waals surface area contributed by atoms with Crippen LogP contribution in [0, 0.1) is 0 Å². The smallest absolute Gasteiger partial charge is 0.226 e. The quantitative estimate of drug-likeness (QED) is 0.739. The molecule has 3 rings (SSSR count). The lowest BCUT2D eigenvalue weighted by Gasteiger charge is -2.10. The van der Waals surface area contributed by atoms with Crippen molar-refractivity contribution in [2.75, 3.05) is 11.6 Å². The molecule has 0 saturated carbocycles. The lowest BCUT2D eigenvalue weighted by atomic mass is 9.98. The Labute approximate surface area is 144 Å². The lowest BCUT2D eigenvalue weighted by Crippen LogP contribution is -2.03. The SMILES string of the molecule is CS(=O)(=O)c1cccc2c1C/C(=C\CCBr)c1cccnc1O2. The van der Waals surface area contributed by atoms with Crippen LogP contribution in [0.5, 0.6) is 11.6 Å². The molecule has 1 aromatic heterocycles. The van der Waals surface area contributed by atoms with Gasteiger partial charge in [-0.15, -0.1) is 0 Å². The van der Waals surface area contributed by atoms with Crippen LogP contribution in [0.4, 0.5) is 0 Å². The average Bonchev–Trinajstić information content (AvgIpc) is 2.67. The highest BCUT2D eigenvalue weighted by molar-refractivity contribution is 9.09. The molecule has 0 bridgehead atoms. The summed E-state index contributed by atoms with van der Waals surface area (Å²) in [4.78, 5) is 4.62. The fourth-order valence-electron chi connectivity index (χ4n) is 2.68. The Hall–Kier alpha value is -1.66. The summed E-state index contributed by atoms with van der Waals surface area (Å²) in [5.74, 6) is 1.06. The third-order valence-corrected chi connectivity index (χ3v) is 5.32. The van der Waals surface area contributed by atoms with Crippen LogP contribution in [-0.2, 0) is 16.3 Å². The maximum absolute atomic E-state index is 12.1. The van der Waals surface area contributed by atoms with Crippen molar-refractivity contribution in [2.45, 2.75) is 17.7 Å². The van der Waals surface area contributed by atoms with Crippen molar-refractivity contribution in [3.8, 4) is 11.6 Å². The van der Waals surface area contributed by atoms with E-state index in [1.807, 2.05) is 12.1 Å². The van der Waals surface area contributed by atoms with Crippen molar-refractivity contribution >= 4 is 31.3 Å². The van der Waals surface area contributed by atoms with Crippen LogP contribution in [-0.4, -0.2) is 25.0 Å². The maximum Gasteiger partial charge on any atom is 0.226 e. The third kappa shape index (κ3) is 3.33. The summed E-state index contributed by atoms with van der Waals surface area (Å²) < 4.78 is 30.1. The summed E-state index contributed by atoms with van der Waals surface area (Å²) in [5.41, 5.74) is 2.63. The molecule has 0 atom stereocenters. The van der Waals surface area contributed by atoms with E-state index in [9.17, 15) is 8.42 Å². The molecule has 23 heavy (non-hydrogen) atoms. The normalized spacial score (nSPS) is 15.5. The van der Waals surface area contributed by atoms with Crippen molar-refractivity contribution in [3.05, 3.63) is 53.7 Å². The zero-order valence-electron chi connectivity index (χ0n) is 12.6. The average molecular weight is 394 g/mol. The molecule has 4 nitrogen and oxygen atoms in total. The first-order chi connectivity index (χ1) is 11.0. The van der Waals surface area contributed by atoms with Crippen LogP contribution in [0.25, 0.3) is 5.57 Å². The lowest BCUT2D eigenvalue weighted by molar-refractivity contribution is 0.458. The fraction of sp³-hybridized carbons (Fsp3) is 0.235. The largest absolute Gasteiger partial charge is 0.438 e. The van der Waals surface area contributed by atoms with Gasteiger partial charge in [0.05, 0.1) is 4.90 Å². The van der Waals surface area contributed by atoms with Gasteiger partial charge in [-0.3, -0.25) is 0 Å². The molecule has 2 heterocycles. The molecule has 1 aliphatic rings. The molecule has 0 fully saturated rings. The Bertz CT molecular complexity index is 875. The molecular weight excluding hydrogens is 378 g/mol. The Kier molecular flexibility index (Phi) is 4.55. The standard InChI is InChI=1S/C17H16BrNO3S/c1-23(20,21)16-8-2-7-15-14(16)11-12(5-3-9-18)13-6-4-10-19-17(13)22-15/h2,4-8,10H,3,9,11H2,1H3/b12-5+. The van der Waals surface area contributed by atoms with Crippen LogP contribution in [0.15, 0.2) is 47.5 Å². The number of hydrogen-bond donors (Lipinski definition) is 0. The van der Waals surface area contributed by atoms with Gasteiger partial charge in [-0.1, -0.05) is 28.1 Å². The molecule has 0 saturated heterocycles.